The molecule has 1 aromatic carbocycles. The van der Waals surface area contributed by atoms with Gasteiger partial charge in [0.05, 0.1) is 16.6 Å². The molecule has 10 heteroatoms. The van der Waals surface area contributed by atoms with E-state index >= 15 is 0 Å². The number of nitrogens with zero attached hydrogens (tertiary/aromatic N) is 1. The summed E-state index contributed by atoms with van der Waals surface area (Å²) in [7, 11) is -3.95. The first-order valence-electron chi connectivity index (χ1n) is 12.0. The second-order valence-corrected chi connectivity index (χ2v) is 11.1. The van der Waals surface area contributed by atoms with Crippen LogP contribution < -0.4 is 10.0 Å². The van der Waals surface area contributed by atoms with E-state index in [9.17, 15) is 22.8 Å². The summed E-state index contributed by atoms with van der Waals surface area (Å²) in [5.41, 5.74) is 0.551. The van der Waals surface area contributed by atoms with Crippen LogP contribution in [0.2, 0.25) is 0 Å². The minimum absolute atomic E-state index is 0.0138. The lowest BCUT2D eigenvalue weighted by Crippen LogP contribution is -2.44. The summed E-state index contributed by atoms with van der Waals surface area (Å²) in [6.07, 6.45) is 4.46. The quantitative estimate of drug-likeness (QED) is 0.529. The Morgan fingerprint density at radius 2 is 1.91 bits per heavy atom. The second kappa shape index (κ2) is 12.2. The first-order valence-corrected chi connectivity index (χ1v) is 13.5. The van der Waals surface area contributed by atoms with Gasteiger partial charge >= 0.3 is 0 Å². The highest BCUT2D eigenvalue weighted by atomic mass is 32.2. The number of hydrogen-bond acceptors (Lipinski definition) is 7. The van der Waals surface area contributed by atoms with Gasteiger partial charge in [-0.25, -0.2) is 18.1 Å². The molecule has 1 aromatic heterocycles. The summed E-state index contributed by atoms with van der Waals surface area (Å²) in [4.78, 5) is 43.2. The molecule has 2 heterocycles. The van der Waals surface area contributed by atoms with Gasteiger partial charge in [0.15, 0.2) is 12.2 Å². The molecule has 0 saturated carbocycles. The van der Waals surface area contributed by atoms with Crippen LogP contribution in [-0.4, -0.2) is 43.5 Å². The summed E-state index contributed by atoms with van der Waals surface area (Å²) in [5, 5.41) is 2.64. The summed E-state index contributed by atoms with van der Waals surface area (Å²) in [6.45, 7) is 4.14. The van der Waals surface area contributed by atoms with Crippen LogP contribution in [0.15, 0.2) is 46.0 Å². The van der Waals surface area contributed by atoms with Crippen molar-refractivity contribution in [3.63, 3.8) is 0 Å². The number of aromatic nitrogens is 1. The number of fused-ring (bicyclic) bond motifs is 1. The van der Waals surface area contributed by atoms with E-state index in [1.165, 1.54) is 18.5 Å². The average Bonchev–Trinajstić information content (AvgIpc) is 3.26. The Bertz CT molecular complexity index is 1130. The highest BCUT2D eigenvalue weighted by Gasteiger charge is 2.34. The molecule has 9 nitrogen and oxygen atoms in total. The van der Waals surface area contributed by atoms with Gasteiger partial charge < -0.3 is 9.73 Å². The van der Waals surface area contributed by atoms with Crippen molar-refractivity contribution < 1.29 is 27.2 Å². The van der Waals surface area contributed by atoms with Crippen LogP contribution in [0.25, 0.3) is 0 Å². The zero-order valence-electron chi connectivity index (χ0n) is 20.2. The molecule has 0 saturated heterocycles. The molecule has 35 heavy (non-hydrogen) atoms. The van der Waals surface area contributed by atoms with Crippen LogP contribution in [0.1, 0.15) is 57.4 Å². The number of rotatable bonds is 8. The highest BCUT2D eigenvalue weighted by molar-refractivity contribution is 7.89. The van der Waals surface area contributed by atoms with Gasteiger partial charge in [0.2, 0.25) is 15.8 Å². The van der Waals surface area contributed by atoms with E-state index in [-0.39, 0.29) is 30.1 Å². The van der Waals surface area contributed by atoms with Crippen molar-refractivity contribution in [1.82, 2.24) is 15.0 Å². The smallest absolute Gasteiger partial charge is 0.287 e. The van der Waals surface area contributed by atoms with E-state index in [0.29, 0.717) is 24.4 Å². The first kappa shape index (κ1) is 26.7. The van der Waals surface area contributed by atoms with Gasteiger partial charge in [0.25, 0.3) is 5.91 Å². The molecule has 1 amide bonds. The predicted octanol–water partition coefficient (Wildman–Crippen LogP) is 2.60. The van der Waals surface area contributed by atoms with Crippen LogP contribution >= 0.6 is 0 Å². The molecule has 1 aliphatic rings. The number of benzene rings is 1. The molecule has 3 rings (SSSR count). The lowest BCUT2D eigenvalue weighted by atomic mass is 9.87. The van der Waals surface area contributed by atoms with Crippen LogP contribution in [0.5, 0.6) is 0 Å². The van der Waals surface area contributed by atoms with E-state index in [4.69, 9.17) is 4.42 Å². The van der Waals surface area contributed by atoms with Crippen LogP contribution in [0.4, 0.5) is 0 Å². The fourth-order valence-corrected chi connectivity index (χ4v) is 5.43. The molecular formula is C25H33N3O6S. The Labute approximate surface area is 206 Å². The zero-order valence-corrected chi connectivity index (χ0v) is 21.0. The number of carbonyl (C=O) groups is 3. The predicted molar refractivity (Wildman–Crippen MR) is 129 cm³/mol. The van der Waals surface area contributed by atoms with Crippen LogP contribution in [-0.2, 0) is 37.2 Å². The summed E-state index contributed by atoms with van der Waals surface area (Å²) in [5.74, 6) is -2.19. The number of sulfonamides is 1. The van der Waals surface area contributed by atoms with Gasteiger partial charge in [0, 0.05) is 31.7 Å². The van der Waals surface area contributed by atoms with Crippen molar-refractivity contribution >= 4 is 27.5 Å². The number of Topliss-reactive ketones (excluding diaryl/α,β-unsaturated/α-hetero) is 2. The second-order valence-electron chi connectivity index (χ2n) is 9.34. The fraction of sp³-hybridized carbons (Fsp3) is 0.520. The Kier molecular flexibility index (Phi) is 9.33. The van der Waals surface area contributed by atoms with E-state index in [0.717, 1.165) is 19.3 Å². The van der Waals surface area contributed by atoms with Gasteiger partial charge in [-0.05, 0) is 37.3 Å². The van der Waals surface area contributed by atoms with Crippen molar-refractivity contribution in [2.45, 2.75) is 69.7 Å². The molecule has 2 unspecified atom stereocenters. The summed E-state index contributed by atoms with van der Waals surface area (Å²) >= 11 is 0. The number of amides is 1. The lowest BCUT2D eigenvalue weighted by molar-refractivity contribution is -0.141. The minimum Gasteiger partial charge on any atom is -0.448 e. The van der Waals surface area contributed by atoms with Crippen molar-refractivity contribution in [1.29, 1.82) is 0 Å². The van der Waals surface area contributed by atoms with Gasteiger partial charge in [0.1, 0.15) is 5.76 Å². The summed E-state index contributed by atoms with van der Waals surface area (Å²) < 4.78 is 33.8. The normalized spacial score (nSPS) is 18.8. The van der Waals surface area contributed by atoms with E-state index < -0.39 is 39.5 Å². The van der Waals surface area contributed by atoms with E-state index in [1.54, 1.807) is 18.2 Å². The molecule has 0 radical (unpaired) electrons. The van der Waals surface area contributed by atoms with Crippen molar-refractivity contribution in [2.75, 3.05) is 6.54 Å². The highest BCUT2D eigenvalue weighted by Crippen LogP contribution is 2.22. The molecule has 0 bridgehead atoms. The first-order chi connectivity index (χ1) is 16.7. The maximum atomic E-state index is 13.4. The number of carbonyl (C=O) groups excluding carboxylic acids is 3. The topological polar surface area (TPSA) is 135 Å². The molecule has 0 aliphatic carbocycles. The van der Waals surface area contributed by atoms with E-state index in [2.05, 4.69) is 15.0 Å². The number of ketones is 2. The van der Waals surface area contributed by atoms with Crippen molar-refractivity contribution in [2.24, 2.45) is 11.8 Å². The Balaban J connectivity index is 1.84. The molecule has 190 valence electrons. The third-order valence-corrected chi connectivity index (χ3v) is 7.51. The number of nitrogens with one attached hydrogen (secondary N) is 2. The third-order valence-electron chi connectivity index (χ3n) is 6.02. The molecule has 1 aliphatic heterocycles. The Hall–Kier alpha value is -2.85. The molecule has 2 N–H and O–H groups in total. The molecule has 0 spiro atoms. The lowest BCUT2D eigenvalue weighted by Gasteiger charge is -2.22. The zero-order chi connectivity index (χ0) is 25.4. The maximum Gasteiger partial charge on any atom is 0.287 e. The fourth-order valence-electron chi connectivity index (χ4n) is 4.17. The van der Waals surface area contributed by atoms with Crippen molar-refractivity contribution in [3.8, 4) is 0 Å². The monoisotopic (exact) mass is 503 g/mol. The van der Waals surface area contributed by atoms with Gasteiger partial charge in [-0.3, -0.25) is 14.4 Å². The van der Waals surface area contributed by atoms with E-state index in [1.807, 2.05) is 13.8 Å². The standard InChI is InChI=1S/C25H33N3O6S/c1-17(2)13-20(28-35(32,33)19-9-5-3-6-10-19)22(29)15-18-14-21-23(34-16-27-21)11-7-4-8-12-26-25(31)24(18)30/h3,5-6,9-10,16-18,20,28H,4,7-8,11-15H2,1-2H3,(H,26,31). The molecular weight excluding hydrogens is 470 g/mol. The largest absolute Gasteiger partial charge is 0.448 e. The number of oxazole rings is 1. The molecule has 2 aromatic rings. The Morgan fingerprint density at radius 3 is 2.63 bits per heavy atom. The summed E-state index contributed by atoms with van der Waals surface area (Å²) in [6, 6.07) is 6.78. The van der Waals surface area contributed by atoms with Gasteiger partial charge in [-0.15, -0.1) is 0 Å². The van der Waals surface area contributed by atoms with Crippen LogP contribution in [0, 0.1) is 11.8 Å². The molecule has 2 atom stereocenters. The van der Waals surface area contributed by atoms with Gasteiger partial charge in [-0.2, -0.15) is 0 Å². The number of aryl methyl sites for hydroxylation is 1. The van der Waals surface area contributed by atoms with Crippen molar-refractivity contribution in [3.05, 3.63) is 48.2 Å². The van der Waals surface area contributed by atoms with Crippen LogP contribution in [0.3, 0.4) is 0 Å². The van der Waals surface area contributed by atoms with Gasteiger partial charge in [-0.1, -0.05) is 38.5 Å². The average molecular weight is 504 g/mol. The SMILES string of the molecule is CC(C)CC(NS(=O)(=O)c1ccccc1)C(=O)CC1Cc2ncoc2CCCCCNC(=O)C1=O. The third kappa shape index (κ3) is 7.57. The number of hydrogen-bond donors (Lipinski definition) is 2. The maximum absolute atomic E-state index is 13.4. The minimum atomic E-state index is -3.95. The molecule has 0 fully saturated rings. The Morgan fingerprint density at radius 1 is 1.17 bits per heavy atom.